The number of likely N-dealkylation sites (tertiary alicyclic amines) is 2. The molecule has 2 heterocycles. The van der Waals surface area contributed by atoms with Gasteiger partial charge in [0.25, 0.3) is 23.6 Å². The molecule has 2 saturated heterocycles. The number of hydrazine groups is 1. The Morgan fingerprint density at radius 2 is 1.00 bits per heavy atom. The number of nitrogens with zero attached hydrogens (tertiary/aromatic N) is 2. The first-order valence-corrected chi connectivity index (χ1v) is 11.1. The lowest BCUT2D eigenvalue weighted by Gasteiger charge is -2.41. The Hall–Kier alpha value is -2.78. The van der Waals surface area contributed by atoms with Crippen LogP contribution in [-0.2, 0) is 28.8 Å². The Balaban J connectivity index is 1.90. The molecule has 2 atom stereocenters. The fourth-order valence-corrected chi connectivity index (χ4v) is 3.26. The smallest absolute Gasteiger partial charge is 0.291 e. The zero-order chi connectivity index (χ0) is 24.4. The van der Waals surface area contributed by atoms with Crippen LogP contribution in [0.4, 0.5) is 0 Å². The summed E-state index contributed by atoms with van der Waals surface area (Å²) >= 11 is 0. The van der Waals surface area contributed by atoms with E-state index >= 15 is 0 Å². The van der Waals surface area contributed by atoms with Gasteiger partial charge >= 0.3 is 0 Å². The molecule has 2 N–H and O–H groups in total. The number of Topliss-reactive ketones (excluding diaryl/α,β-unsaturated/α-hetero) is 2. The van der Waals surface area contributed by atoms with E-state index in [4.69, 9.17) is 0 Å². The van der Waals surface area contributed by atoms with Crippen molar-refractivity contribution in [1.82, 2.24) is 20.7 Å². The Kier molecular flexibility index (Phi) is 7.47. The summed E-state index contributed by atoms with van der Waals surface area (Å²) in [6, 6.07) is -1.68. The third-order valence-electron chi connectivity index (χ3n) is 6.86. The Labute approximate surface area is 188 Å². The molecule has 2 aliphatic heterocycles. The van der Waals surface area contributed by atoms with Crippen LogP contribution in [0.1, 0.15) is 67.2 Å². The first-order chi connectivity index (χ1) is 14.8. The second-order valence-corrected chi connectivity index (χ2v) is 9.72. The minimum atomic E-state index is -0.842. The van der Waals surface area contributed by atoms with Gasteiger partial charge in [-0.05, 0) is 25.7 Å². The first kappa shape index (κ1) is 25.5. The van der Waals surface area contributed by atoms with Crippen LogP contribution in [0.2, 0.25) is 0 Å². The lowest BCUT2D eigenvalue weighted by atomic mass is 9.83. The molecule has 0 aromatic rings. The molecule has 0 spiro atoms. The SMILES string of the molecule is CCC(C)(C)C(=O)C(=O)N1CCC1C(=O)NNC(=O)[C@@H]1CCN1C(=O)C(=O)C(C)(C)CC. The first-order valence-electron chi connectivity index (χ1n) is 11.1. The molecule has 1 unspecified atom stereocenters. The van der Waals surface area contributed by atoms with Gasteiger partial charge in [0.1, 0.15) is 12.1 Å². The summed E-state index contributed by atoms with van der Waals surface area (Å²) in [6.07, 6.45) is 1.74. The zero-order valence-corrected chi connectivity index (χ0v) is 19.7. The zero-order valence-electron chi connectivity index (χ0n) is 19.7. The number of carbonyl (C=O) groups is 6. The molecule has 0 radical (unpaired) electrons. The highest BCUT2D eigenvalue weighted by Gasteiger charge is 2.45. The number of nitrogens with one attached hydrogen (secondary N) is 2. The predicted molar refractivity (Wildman–Crippen MR) is 115 cm³/mol. The second kappa shape index (κ2) is 9.38. The minimum absolute atomic E-state index is 0.288. The quantitative estimate of drug-likeness (QED) is 0.405. The number of amides is 4. The number of carbonyl (C=O) groups excluding carboxylic acids is 6. The Bertz CT molecular complexity index is 766. The third-order valence-corrected chi connectivity index (χ3v) is 6.86. The monoisotopic (exact) mass is 450 g/mol. The molecule has 32 heavy (non-hydrogen) atoms. The largest absolute Gasteiger partial charge is 0.324 e. The normalized spacial score (nSPS) is 20.6. The highest BCUT2D eigenvalue weighted by molar-refractivity contribution is 6.39. The van der Waals surface area contributed by atoms with E-state index in [1.54, 1.807) is 27.7 Å². The Morgan fingerprint density at radius 1 is 0.688 bits per heavy atom. The van der Waals surface area contributed by atoms with Crippen molar-refractivity contribution in [3.63, 3.8) is 0 Å². The fourth-order valence-electron chi connectivity index (χ4n) is 3.26. The van der Waals surface area contributed by atoms with E-state index in [-0.39, 0.29) is 13.1 Å². The van der Waals surface area contributed by atoms with Crippen molar-refractivity contribution < 1.29 is 28.8 Å². The van der Waals surface area contributed by atoms with Crippen molar-refractivity contribution in [2.75, 3.05) is 13.1 Å². The van der Waals surface area contributed by atoms with Crippen molar-refractivity contribution in [2.45, 2.75) is 79.3 Å². The maximum absolute atomic E-state index is 12.5. The van der Waals surface area contributed by atoms with Gasteiger partial charge in [-0.25, -0.2) is 0 Å². The van der Waals surface area contributed by atoms with Crippen LogP contribution in [0.3, 0.4) is 0 Å². The van der Waals surface area contributed by atoms with Gasteiger partial charge in [0, 0.05) is 23.9 Å². The van der Waals surface area contributed by atoms with Gasteiger partial charge in [0.15, 0.2) is 0 Å². The van der Waals surface area contributed by atoms with Crippen LogP contribution in [0.15, 0.2) is 0 Å². The van der Waals surface area contributed by atoms with Gasteiger partial charge in [0.2, 0.25) is 11.6 Å². The molecule has 0 aromatic heterocycles. The second-order valence-electron chi connectivity index (χ2n) is 9.72. The van der Waals surface area contributed by atoms with E-state index in [9.17, 15) is 28.8 Å². The minimum Gasteiger partial charge on any atom is -0.324 e. The molecule has 10 nitrogen and oxygen atoms in total. The van der Waals surface area contributed by atoms with Crippen molar-refractivity contribution in [3.8, 4) is 0 Å². The average molecular weight is 451 g/mol. The van der Waals surface area contributed by atoms with E-state index in [2.05, 4.69) is 10.9 Å². The summed E-state index contributed by atoms with van der Waals surface area (Å²) < 4.78 is 0. The summed E-state index contributed by atoms with van der Waals surface area (Å²) in [5.74, 6) is -3.74. The lowest BCUT2D eigenvalue weighted by molar-refractivity contribution is -0.159. The van der Waals surface area contributed by atoms with E-state index in [1.165, 1.54) is 9.80 Å². The van der Waals surface area contributed by atoms with Crippen LogP contribution >= 0.6 is 0 Å². The van der Waals surface area contributed by atoms with Gasteiger partial charge < -0.3 is 9.80 Å². The van der Waals surface area contributed by atoms with Crippen LogP contribution < -0.4 is 10.9 Å². The van der Waals surface area contributed by atoms with Crippen LogP contribution in [0.5, 0.6) is 0 Å². The van der Waals surface area contributed by atoms with Crippen molar-refractivity contribution in [2.24, 2.45) is 10.8 Å². The van der Waals surface area contributed by atoms with Gasteiger partial charge in [-0.3, -0.25) is 39.6 Å². The third kappa shape index (κ3) is 4.83. The van der Waals surface area contributed by atoms with E-state index in [0.29, 0.717) is 25.7 Å². The van der Waals surface area contributed by atoms with E-state index < -0.39 is 58.1 Å². The molecule has 0 aromatic carbocycles. The average Bonchev–Trinajstić information content (AvgIpc) is 2.69. The summed E-state index contributed by atoms with van der Waals surface area (Å²) in [5, 5.41) is 0. The van der Waals surface area contributed by atoms with Crippen molar-refractivity contribution in [3.05, 3.63) is 0 Å². The topological polar surface area (TPSA) is 133 Å². The molecule has 0 aliphatic carbocycles. The molecule has 0 bridgehead atoms. The van der Waals surface area contributed by atoms with Gasteiger partial charge in [0.05, 0.1) is 0 Å². The maximum Gasteiger partial charge on any atom is 0.291 e. The number of ketones is 2. The summed E-state index contributed by atoms with van der Waals surface area (Å²) in [6.45, 7) is 10.9. The molecule has 10 heteroatoms. The highest BCUT2D eigenvalue weighted by atomic mass is 16.2. The fraction of sp³-hybridized carbons (Fsp3) is 0.727. The van der Waals surface area contributed by atoms with Crippen molar-refractivity contribution >= 4 is 35.2 Å². The summed E-state index contributed by atoms with van der Waals surface area (Å²) in [5.41, 5.74) is 2.92. The standard InChI is InChI=1S/C22H34N4O6/c1-7-21(3,4)15(27)19(31)25-11-9-13(25)17(29)23-24-18(30)14-10-12-26(14)20(32)16(28)22(5,6)8-2/h13-14H,7-12H2,1-6H3,(H,23,29)(H,24,30)/t13-,14?/m0/s1. The molecular formula is C22H34N4O6. The van der Waals surface area contributed by atoms with E-state index in [1.807, 2.05) is 13.8 Å². The lowest BCUT2D eigenvalue weighted by Crippen LogP contribution is -2.65. The van der Waals surface area contributed by atoms with Gasteiger partial charge in [-0.2, -0.15) is 0 Å². The molecule has 0 saturated carbocycles. The molecule has 178 valence electrons. The molecule has 2 fully saturated rings. The van der Waals surface area contributed by atoms with E-state index in [0.717, 1.165) is 0 Å². The Morgan fingerprint density at radius 3 is 1.22 bits per heavy atom. The maximum atomic E-state index is 12.5. The van der Waals surface area contributed by atoms with Crippen LogP contribution in [0, 0.1) is 10.8 Å². The summed E-state index contributed by atoms with van der Waals surface area (Å²) in [7, 11) is 0. The van der Waals surface area contributed by atoms with Gasteiger partial charge in [-0.15, -0.1) is 0 Å². The van der Waals surface area contributed by atoms with Crippen LogP contribution in [-0.4, -0.2) is 70.2 Å². The highest BCUT2D eigenvalue weighted by Crippen LogP contribution is 2.27. The number of hydrogen-bond donors (Lipinski definition) is 2. The molecule has 2 aliphatic rings. The molecule has 4 amide bonds. The van der Waals surface area contributed by atoms with Gasteiger partial charge in [-0.1, -0.05) is 41.5 Å². The van der Waals surface area contributed by atoms with Crippen molar-refractivity contribution in [1.29, 1.82) is 0 Å². The van der Waals surface area contributed by atoms with Crippen LogP contribution in [0.25, 0.3) is 0 Å². The molecule has 2 rings (SSSR count). The number of rotatable bonds is 8. The predicted octanol–water partition coefficient (Wildman–Crippen LogP) is 0.346. The molecular weight excluding hydrogens is 416 g/mol. The summed E-state index contributed by atoms with van der Waals surface area (Å²) in [4.78, 5) is 77.0. The number of hydrogen-bond acceptors (Lipinski definition) is 6.